The highest BCUT2D eigenvalue weighted by molar-refractivity contribution is 5.21. The molecule has 0 saturated heterocycles. The van der Waals surface area contributed by atoms with E-state index in [2.05, 4.69) is 60.5 Å². The van der Waals surface area contributed by atoms with Crippen LogP contribution >= 0.6 is 0 Å². The molecule has 1 aliphatic rings. The number of hydrogen-bond donors (Lipinski definition) is 1. The van der Waals surface area contributed by atoms with Crippen molar-refractivity contribution >= 4 is 0 Å². The van der Waals surface area contributed by atoms with E-state index in [1.165, 1.54) is 0 Å². The highest BCUT2D eigenvalue weighted by Gasteiger charge is 2.39. The second-order valence-electron chi connectivity index (χ2n) is 6.25. The van der Waals surface area contributed by atoms with Crippen molar-refractivity contribution in [2.45, 2.75) is 52.6 Å². The van der Waals surface area contributed by atoms with Crippen LogP contribution in [0.15, 0.2) is 30.5 Å². The fourth-order valence-electron chi connectivity index (χ4n) is 3.15. The molecule has 1 aromatic rings. The molecule has 0 radical (unpaired) electrons. The first-order chi connectivity index (χ1) is 10.2. The summed E-state index contributed by atoms with van der Waals surface area (Å²) in [5.74, 6) is 0.463. The summed E-state index contributed by atoms with van der Waals surface area (Å²) in [5.41, 5.74) is 0.979. The Morgan fingerprint density at radius 3 is 2.81 bits per heavy atom. The van der Waals surface area contributed by atoms with Crippen molar-refractivity contribution in [3.05, 3.63) is 36.2 Å². The summed E-state index contributed by atoms with van der Waals surface area (Å²) in [5, 5.41) is 10.9. The number of rotatable bonds is 8. The van der Waals surface area contributed by atoms with Crippen molar-refractivity contribution in [2.24, 2.45) is 11.3 Å². The fourth-order valence-corrected chi connectivity index (χ4v) is 3.15. The first-order valence-corrected chi connectivity index (χ1v) is 7.98. The van der Waals surface area contributed by atoms with Crippen LogP contribution in [0.5, 0.6) is 0 Å². The Labute approximate surface area is 127 Å². The summed E-state index contributed by atoms with van der Waals surface area (Å²) in [4.78, 5) is 0. The van der Waals surface area contributed by atoms with Gasteiger partial charge in [0.05, 0.1) is 18.0 Å². The second-order valence-corrected chi connectivity index (χ2v) is 6.25. The molecule has 2 unspecified atom stereocenters. The van der Waals surface area contributed by atoms with Crippen LogP contribution in [0.25, 0.3) is 0 Å². The minimum atomic E-state index is -0.0203. The maximum Gasteiger partial charge on any atom is 0.0834 e. The van der Waals surface area contributed by atoms with E-state index in [-0.39, 0.29) is 11.5 Å². The highest BCUT2D eigenvalue weighted by Crippen LogP contribution is 2.40. The number of hydrogen-bond acceptors (Lipinski definition) is 3. The third-order valence-corrected chi connectivity index (χ3v) is 4.12. The van der Waals surface area contributed by atoms with E-state index in [1.54, 1.807) is 0 Å². The van der Waals surface area contributed by atoms with Crippen LogP contribution in [0.1, 0.15) is 45.7 Å². The minimum absolute atomic E-state index is 0.0203. The van der Waals surface area contributed by atoms with E-state index < -0.39 is 0 Å². The molecule has 4 heteroatoms. The molecule has 4 nitrogen and oxygen atoms in total. The molecular weight excluding hydrogens is 262 g/mol. The lowest BCUT2D eigenvalue weighted by Crippen LogP contribution is -2.42. The zero-order chi connectivity index (χ0) is 15.1. The molecule has 0 aliphatic heterocycles. The van der Waals surface area contributed by atoms with E-state index in [9.17, 15) is 0 Å². The molecule has 21 heavy (non-hydrogen) atoms. The van der Waals surface area contributed by atoms with Gasteiger partial charge in [-0.05, 0) is 18.8 Å². The van der Waals surface area contributed by atoms with Gasteiger partial charge in [-0.1, -0.05) is 51.5 Å². The normalized spacial score (nSPS) is 22.9. The van der Waals surface area contributed by atoms with Gasteiger partial charge < -0.3 is 4.74 Å². The summed E-state index contributed by atoms with van der Waals surface area (Å²) in [6, 6.07) is 0. The van der Waals surface area contributed by atoms with E-state index in [1.807, 2.05) is 6.20 Å². The summed E-state index contributed by atoms with van der Waals surface area (Å²) < 4.78 is 6.29. The molecule has 1 heterocycles. The third kappa shape index (κ3) is 4.03. The number of aromatic nitrogens is 3. The SMILES string of the molecule is CCCCOC(C(C)C)C1(Cc2cn[nH]n2)C=CC=CC1. The Hall–Kier alpha value is -1.42. The van der Waals surface area contributed by atoms with Crippen molar-refractivity contribution in [2.75, 3.05) is 6.61 Å². The van der Waals surface area contributed by atoms with Gasteiger partial charge in [0, 0.05) is 18.4 Å². The summed E-state index contributed by atoms with van der Waals surface area (Å²) >= 11 is 0. The summed E-state index contributed by atoms with van der Waals surface area (Å²) in [6.07, 6.45) is 14.9. The average Bonchev–Trinajstić information content (AvgIpc) is 2.97. The molecule has 1 aliphatic carbocycles. The smallest absolute Gasteiger partial charge is 0.0834 e. The zero-order valence-corrected chi connectivity index (χ0v) is 13.4. The predicted octanol–water partition coefficient (Wildman–Crippen LogP) is 3.69. The van der Waals surface area contributed by atoms with Crippen LogP contribution in [0.3, 0.4) is 0 Å². The molecule has 0 fully saturated rings. The molecular formula is C17H27N3O. The van der Waals surface area contributed by atoms with Gasteiger partial charge in [-0.15, -0.1) is 0 Å². The lowest BCUT2D eigenvalue weighted by atomic mass is 9.70. The zero-order valence-electron chi connectivity index (χ0n) is 13.4. The van der Waals surface area contributed by atoms with Crippen molar-refractivity contribution in [3.8, 4) is 0 Å². The quantitative estimate of drug-likeness (QED) is 0.743. The third-order valence-electron chi connectivity index (χ3n) is 4.12. The minimum Gasteiger partial charge on any atom is -0.377 e. The number of unbranched alkanes of at least 4 members (excludes halogenated alkanes) is 1. The van der Waals surface area contributed by atoms with Crippen molar-refractivity contribution in [1.29, 1.82) is 0 Å². The van der Waals surface area contributed by atoms with Crippen molar-refractivity contribution in [1.82, 2.24) is 15.4 Å². The number of nitrogens with zero attached hydrogens (tertiary/aromatic N) is 2. The molecule has 1 N–H and O–H groups in total. The van der Waals surface area contributed by atoms with E-state index in [0.717, 1.165) is 38.0 Å². The lowest BCUT2D eigenvalue weighted by molar-refractivity contribution is -0.0491. The summed E-state index contributed by atoms with van der Waals surface area (Å²) in [7, 11) is 0. The number of nitrogens with one attached hydrogen (secondary N) is 1. The monoisotopic (exact) mass is 289 g/mol. The molecule has 0 saturated carbocycles. The number of H-pyrrole nitrogens is 1. The van der Waals surface area contributed by atoms with E-state index in [0.29, 0.717) is 5.92 Å². The number of allylic oxidation sites excluding steroid dienone is 3. The largest absolute Gasteiger partial charge is 0.377 e. The van der Waals surface area contributed by atoms with Crippen LogP contribution in [-0.2, 0) is 11.2 Å². The molecule has 2 rings (SSSR count). The van der Waals surface area contributed by atoms with Gasteiger partial charge >= 0.3 is 0 Å². The van der Waals surface area contributed by atoms with Crippen LogP contribution in [0.4, 0.5) is 0 Å². The Morgan fingerprint density at radius 1 is 1.38 bits per heavy atom. The standard InChI is InChI=1S/C17H27N3O/c1-4-5-11-21-16(14(2)3)17(9-7-6-8-10-17)12-15-13-18-20-19-15/h6-9,13-14,16H,4-5,10-12H2,1-3H3,(H,18,19,20). The van der Waals surface area contributed by atoms with Gasteiger partial charge in [-0.3, -0.25) is 0 Å². The van der Waals surface area contributed by atoms with Crippen LogP contribution in [0.2, 0.25) is 0 Å². The molecule has 2 atom stereocenters. The van der Waals surface area contributed by atoms with E-state index in [4.69, 9.17) is 4.74 Å². The molecule has 0 amide bonds. The van der Waals surface area contributed by atoms with Crippen LogP contribution in [0, 0.1) is 11.3 Å². The maximum atomic E-state index is 6.29. The second kappa shape index (κ2) is 7.55. The maximum absolute atomic E-state index is 6.29. The first-order valence-electron chi connectivity index (χ1n) is 7.98. The molecule has 0 aromatic carbocycles. The fraction of sp³-hybridized carbons (Fsp3) is 0.647. The average molecular weight is 289 g/mol. The number of ether oxygens (including phenoxy) is 1. The number of aromatic amines is 1. The highest BCUT2D eigenvalue weighted by atomic mass is 16.5. The Balaban J connectivity index is 2.19. The topological polar surface area (TPSA) is 50.8 Å². The van der Waals surface area contributed by atoms with Crippen molar-refractivity contribution < 1.29 is 4.74 Å². The van der Waals surface area contributed by atoms with Gasteiger partial charge in [-0.2, -0.15) is 15.4 Å². The Kier molecular flexibility index (Phi) is 5.74. The lowest BCUT2D eigenvalue weighted by Gasteiger charge is -2.41. The van der Waals surface area contributed by atoms with Crippen LogP contribution < -0.4 is 0 Å². The van der Waals surface area contributed by atoms with Crippen LogP contribution in [-0.4, -0.2) is 28.1 Å². The van der Waals surface area contributed by atoms with E-state index >= 15 is 0 Å². The Bertz CT molecular complexity index is 464. The predicted molar refractivity (Wildman–Crippen MR) is 84.9 cm³/mol. The Morgan fingerprint density at radius 2 is 2.24 bits per heavy atom. The molecule has 1 aromatic heterocycles. The molecule has 0 spiro atoms. The summed E-state index contributed by atoms with van der Waals surface area (Å²) in [6.45, 7) is 7.51. The van der Waals surface area contributed by atoms with Gasteiger partial charge in [-0.25, -0.2) is 0 Å². The van der Waals surface area contributed by atoms with Gasteiger partial charge in [0.2, 0.25) is 0 Å². The van der Waals surface area contributed by atoms with Gasteiger partial charge in [0.15, 0.2) is 0 Å². The van der Waals surface area contributed by atoms with Gasteiger partial charge in [0.1, 0.15) is 0 Å². The van der Waals surface area contributed by atoms with Gasteiger partial charge in [0.25, 0.3) is 0 Å². The van der Waals surface area contributed by atoms with Crippen molar-refractivity contribution in [3.63, 3.8) is 0 Å². The molecule has 0 bridgehead atoms. The molecule has 116 valence electrons. The first kappa shape index (κ1) is 16.0.